The van der Waals surface area contributed by atoms with Crippen LogP contribution in [0.15, 0.2) is 10.4 Å². The molecule has 1 aromatic heterocycles. The quantitative estimate of drug-likeness (QED) is 0.820. The first-order chi connectivity index (χ1) is 7.77. The highest BCUT2D eigenvalue weighted by Gasteiger charge is 2.23. The van der Waals surface area contributed by atoms with Crippen LogP contribution in [0.4, 0.5) is 0 Å². The van der Waals surface area contributed by atoms with Crippen LogP contribution >= 0.6 is 22.9 Å². The van der Waals surface area contributed by atoms with Gasteiger partial charge in [-0.1, -0.05) is 13.8 Å². The number of nitrogens with one attached hydrogen (secondary N) is 1. The molecule has 0 aliphatic rings. The standard InChI is InChI=1S/C10H17ClN2O2S2/c1-8-12-6-9(16-8)17(14,15)13-7-10(2,3)4-5-11/h6,13H,4-5,7H2,1-3H3. The molecular weight excluding hydrogens is 280 g/mol. The summed E-state index contributed by atoms with van der Waals surface area (Å²) in [5.74, 6) is 0.522. The van der Waals surface area contributed by atoms with Gasteiger partial charge in [-0.25, -0.2) is 18.1 Å². The van der Waals surface area contributed by atoms with Crippen LogP contribution < -0.4 is 4.72 Å². The Morgan fingerprint density at radius 1 is 1.53 bits per heavy atom. The van der Waals surface area contributed by atoms with Crippen molar-refractivity contribution in [1.29, 1.82) is 0 Å². The number of aryl methyl sites for hydroxylation is 1. The molecule has 17 heavy (non-hydrogen) atoms. The van der Waals surface area contributed by atoms with E-state index in [1.807, 2.05) is 13.8 Å². The first-order valence-corrected chi connectivity index (χ1v) is 8.08. The molecule has 1 heterocycles. The monoisotopic (exact) mass is 296 g/mol. The molecule has 98 valence electrons. The van der Waals surface area contributed by atoms with Crippen LogP contribution in [-0.4, -0.2) is 25.8 Å². The Hall–Kier alpha value is -0.170. The number of sulfonamides is 1. The van der Waals surface area contributed by atoms with Crippen molar-refractivity contribution in [2.45, 2.75) is 31.4 Å². The third-order valence-corrected chi connectivity index (χ3v) is 5.34. The molecule has 1 aromatic rings. The lowest BCUT2D eigenvalue weighted by Crippen LogP contribution is -2.33. The summed E-state index contributed by atoms with van der Waals surface area (Å²) in [5.41, 5.74) is -0.144. The minimum absolute atomic E-state index is 0.144. The normalized spacial score (nSPS) is 12.9. The molecule has 7 heteroatoms. The average Bonchev–Trinajstić information content (AvgIpc) is 2.63. The van der Waals surface area contributed by atoms with Crippen molar-refractivity contribution in [3.63, 3.8) is 0 Å². The molecule has 4 nitrogen and oxygen atoms in total. The topological polar surface area (TPSA) is 59.1 Å². The predicted octanol–water partition coefficient (Wildman–Crippen LogP) is 2.38. The minimum atomic E-state index is -3.43. The van der Waals surface area contributed by atoms with Crippen LogP contribution in [0.5, 0.6) is 0 Å². The molecule has 0 radical (unpaired) electrons. The number of halogens is 1. The molecule has 0 saturated heterocycles. The molecular formula is C10H17ClN2O2S2. The highest BCUT2D eigenvalue weighted by Crippen LogP contribution is 2.22. The number of hydrogen-bond acceptors (Lipinski definition) is 4. The van der Waals surface area contributed by atoms with Crippen molar-refractivity contribution < 1.29 is 8.42 Å². The van der Waals surface area contributed by atoms with E-state index in [0.717, 1.165) is 11.4 Å². The van der Waals surface area contributed by atoms with E-state index in [4.69, 9.17) is 11.6 Å². The van der Waals surface area contributed by atoms with E-state index in [1.54, 1.807) is 6.92 Å². The van der Waals surface area contributed by atoms with Gasteiger partial charge in [0.15, 0.2) is 4.21 Å². The fourth-order valence-corrected chi connectivity index (χ4v) is 4.08. The van der Waals surface area contributed by atoms with Gasteiger partial charge in [0.2, 0.25) is 0 Å². The predicted molar refractivity (Wildman–Crippen MR) is 71.2 cm³/mol. The molecule has 0 spiro atoms. The molecule has 0 saturated carbocycles. The van der Waals surface area contributed by atoms with Crippen molar-refractivity contribution in [2.75, 3.05) is 12.4 Å². The molecule has 0 bridgehead atoms. The molecule has 0 fully saturated rings. The summed E-state index contributed by atoms with van der Waals surface area (Å²) in [6.45, 7) is 6.12. The number of rotatable bonds is 6. The Balaban J connectivity index is 2.69. The Morgan fingerprint density at radius 3 is 2.65 bits per heavy atom. The second-order valence-corrected chi connectivity index (χ2v) is 8.23. The summed E-state index contributed by atoms with van der Waals surface area (Å²) in [4.78, 5) is 3.94. The van der Waals surface area contributed by atoms with E-state index in [0.29, 0.717) is 12.4 Å². The Morgan fingerprint density at radius 2 is 2.18 bits per heavy atom. The maximum absolute atomic E-state index is 11.9. The smallest absolute Gasteiger partial charge is 0.249 e. The molecule has 1 rings (SSSR count). The number of alkyl halides is 1. The van der Waals surface area contributed by atoms with E-state index < -0.39 is 10.0 Å². The van der Waals surface area contributed by atoms with E-state index in [9.17, 15) is 8.42 Å². The van der Waals surface area contributed by atoms with E-state index in [-0.39, 0.29) is 9.62 Å². The maximum Gasteiger partial charge on any atom is 0.251 e. The van der Waals surface area contributed by atoms with Gasteiger partial charge in [-0.15, -0.1) is 22.9 Å². The van der Waals surface area contributed by atoms with E-state index in [2.05, 4.69) is 9.71 Å². The third-order valence-electron chi connectivity index (χ3n) is 2.38. The summed E-state index contributed by atoms with van der Waals surface area (Å²) in [5, 5.41) is 0.741. The van der Waals surface area contributed by atoms with Crippen LogP contribution in [0.1, 0.15) is 25.3 Å². The SMILES string of the molecule is Cc1ncc(S(=O)(=O)NCC(C)(C)CCCl)s1. The first kappa shape index (κ1) is 14.9. The van der Waals surface area contributed by atoms with Gasteiger partial charge >= 0.3 is 0 Å². The second kappa shape index (κ2) is 5.65. The summed E-state index contributed by atoms with van der Waals surface area (Å²) in [6.07, 6.45) is 2.15. The lowest BCUT2D eigenvalue weighted by atomic mass is 9.91. The van der Waals surface area contributed by atoms with Gasteiger partial charge in [0.05, 0.1) is 11.2 Å². The Labute approximate surface area is 111 Å². The Kier molecular flexibility index (Phi) is 4.95. The zero-order valence-electron chi connectivity index (χ0n) is 10.2. The van der Waals surface area contributed by atoms with Crippen molar-refractivity contribution in [2.24, 2.45) is 5.41 Å². The molecule has 0 aliphatic heterocycles. The van der Waals surface area contributed by atoms with Gasteiger partial charge < -0.3 is 0 Å². The lowest BCUT2D eigenvalue weighted by molar-refractivity contribution is 0.352. The minimum Gasteiger partial charge on any atom is -0.249 e. The summed E-state index contributed by atoms with van der Waals surface area (Å²) in [7, 11) is -3.43. The third kappa shape index (κ3) is 4.54. The molecule has 0 aliphatic carbocycles. The zero-order chi connectivity index (χ0) is 13.1. The maximum atomic E-state index is 11.9. The summed E-state index contributed by atoms with van der Waals surface area (Å²) in [6, 6.07) is 0. The van der Waals surface area contributed by atoms with Gasteiger partial charge in [0.25, 0.3) is 10.0 Å². The fourth-order valence-electron chi connectivity index (χ4n) is 1.17. The lowest BCUT2D eigenvalue weighted by Gasteiger charge is -2.23. The van der Waals surface area contributed by atoms with Crippen molar-refractivity contribution in [3.8, 4) is 0 Å². The van der Waals surface area contributed by atoms with Gasteiger partial charge in [-0.2, -0.15) is 0 Å². The highest BCUT2D eigenvalue weighted by atomic mass is 35.5. The zero-order valence-corrected chi connectivity index (χ0v) is 12.5. The van der Waals surface area contributed by atoms with Crippen LogP contribution in [0.2, 0.25) is 0 Å². The first-order valence-electron chi connectivity index (χ1n) is 5.25. The van der Waals surface area contributed by atoms with Crippen molar-refractivity contribution in [3.05, 3.63) is 11.2 Å². The van der Waals surface area contributed by atoms with Crippen molar-refractivity contribution in [1.82, 2.24) is 9.71 Å². The molecule has 0 aromatic carbocycles. The summed E-state index contributed by atoms with van der Waals surface area (Å²) < 4.78 is 26.7. The van der Waals surface area contributed by atoms with E-state index >= 15 is 0 Å². The fraction of sp³-hybridized carbons (Fsp3) is 0.700. The highest BCUT2D eigenvalue weighted by molar-refractivity contribution is 7.91. The van der Waals surface area contributed by atoms with Gasteiger partial charge in [0, 0.05) is 12.4 Å². The van der Waals surface area contributed by atoms with Crippen LogP contribution in [0.3, 0.4) is 0 Å². The van der Waals surface area contributed by atoms with Crippen LogP contribution in [0, 0.1) is 12.3 Å². The molecule has 0 unspecified atom stereocenters. The molecule has 0 atom stereocenters. The van der Waals surface area contributed by atoms with Gasteiger partial charge in [0.1, 0.15) is 0 Å². The molecule has 1 N–H and O–H groups in total. The molecule has 0 amide bonds. The average molecular weight is 297 g/mol. The van der Waals surface area contributed by atoms with Crippen molar-refractivity contribution >= 4 is 33.0 Å². The van der Waals surface area contributed by atoms with Gasteiger partial charge in [-0.3, -0.25) is 0 Å². The largest absolute Gasteiger partial charge is 0.251 e. The summed E-state index contributed by atoms with van der Waals surface area (Å²) >= 11 is 6.84. The number of thiazole rings is 1. The number of aromatic nitrogens is 1. The van der Waals surface area contributed by atoms with Crippen LogP contribution in [-0.2, 0) is 10.0 Å². The number of hydrogen-bond donors (Lipinski definition) is 1. The van der Waals surface area contributed by atoms with Gasteiger partial charge in [-0.05, 0) is 18.8 Å². The Bertz CT molecular complexity index is 468. The van der Waals surface area contributed by atoms with Crippen LogP contribution in [0.25, 0.3) is 0 Å². The second-order valence-electron chi connectivity index (χ2n) is 4.63. The van der Waals surface area contributed by atoms with E-state index in [1.165, 1.54) is 17.5 Å². The number of nitrogens with zero attached hydrogens (tertiary/aromatic N) is 1.